The molecule has 0 spiro atoms. The van der Waals surface area contributed by atoms with Crippen molar-refractivity contribution in [2.75, 3.05) is 26.7 Å². The molecule has 8 heteroatoms. The van der Waals surface area contributed by atoms with Crippen LogP contribution in [0.3, 0.4) is 0 Å². The number of carbonyl (C=O) groups is 3. The number of likely N-dealkylation sites (N-methyl/N-ethyl adjacent to an activating group) is 1. The fourth-order valence-electron chi connectivity index (χ4n) is 4.16. The van der Waals surface area contributed by atoms with Crippen LogP contribution < -0.4 is 5.32 Å². The zero-order chi connectivity index (χ0) is 25.9. The largest absolute Gasteiger partial charge is 0.445 e. The van der Waals surface area contributed by atoms with E-state index in [0.717, 1.165) is 24.0 Å². The molecule has 2 aromatic rings. The number of nitrogens with one attached hydrogen (secondary N) is 1. The number of aliphatic imine (C=N–C) groups is 1. The summed E-state index contributed by atoms with van der Waals surface area (Å²) in [5.74, 6) is -0.650. The van der Waals surface area contributed by atoms with E-state index in [2.05, 4.69) is 10.3 Å². The monoisotopic (exact) mass is 492 g/mol. The molecule has 1 aliphatic heterocycles. The van der Waals surface area contributed by atoms with Gasteiger partial charge in [-0.3, -0.25) is 9.59 Å². The standard InChI is InChI=1S/C28H36N4O4/c1-21(29-3)26(33)30-22(2)27(34)32-17-10-15-25(32)19-31(18-16-23-11-6-4-7-12-23)28(35)36-20-24-13-8-5-9-14-24/h4-9,11-14,21,25,29H,10,15-20H2,1-3H3/b30-22+/t21-,25-/m0/s1. The predicted molar refractivity (Wildman–Crippen MR) is 140 cm³/mol. The van der Waals surface area contributed by atoms with E-state index in [1.165, 1.54) is 0 Å². The lowest BCUT2D eigenvalue weighted by Crippen LogP contribution is -2.47. The van der Waals surface area contributed by atoms with E-state index in [0.29, 0.717) is 26.1 Å². The Morgan fingerprint density at radius 1 is 1.08 bits per heavy atom. The molecule has 36 heavy (non-hydrogen) atoms. The topological polar surface area (TPSA) is 91.3 Å². The highest BCUT2D eigenvalue weighted by Crippen LogP contribution is 2.20. The molecule has 0 radical (unpaired) electrons. The quantitative estimate of drug-likeness (QED) is 0.513. The summed E-state index contributed by atoms with van der Waals surface area (Å²) in [5.41, 5.74) is 2.20. The molecule has 2 aromatic carbocycles. The highest BCUT2D eigenvalue weighted by molar-refractivity contribution is 6.39. The molecular formula is C28H36N4O4. The van der Waals surface area contributed by atoms with Gasteiger partial charge in [0.25, 0.3) is 11.8 Å². The van der Waals surface area contributed by atoms with Crippen LogP contribution in [0.25, 0.3) is 0 Å². The van der Waals surface area contributed by atoms with Crippen molar-refractivity contribution >= 4 is 23.6 Å². The Morgan fingerprint density at radius 2 is 1.72 bits per heavy atom. The van der Waals surface area contributed by atoms with Crippen LogP contribution in [-0.4, -0.2) is 72.2 Å². The number of benzene rings is 2. The highest BCUT2D eigenvalue weighted by atomic mass is 16.6. The van der Waals surface area contributed by atoms with Crippen molar-refractivity contribution in [3.63, 3.8) is 0 Å². The van der Waals surface area contributed by atoms with Gasteiger partial charge in [0, 0.05) is 25.7 Å². The third kappa shape index (κ3) is 7.75. The molecule has 2 atom stereocenters. The first kappa shape index (κ1) is 27.1. The number of carbonyl (C=O) groups excluding carboxylic acids is 3. The lowest BCUT2D eigenvalue weighted by molar-refractivity contribution is -0.126. The van der Waals surface area contributed by atoms with Crippen molar-refractivity contribution < 1.29 is 19.1 Å². The van der Waals surface area contributed by atoms with E-state index in [9.17, 15) is 14.4 Å². The summed E-state index contributed by atoms with van der Waals surface area (Å²) in [6.45, 7) is 4.86. The second kappa shape index (κ2) is 13.5. The number of likely N-dealkylation sites (tertiary alicyclic amines) is 1. The van der Waals surface area contributed by atoms with Crippen LogP contribution in [0.5, 0.6) is 0 Å². The minimum atomic E-state index is -0.463. The second-order valence-corrected chi connectivity index (χ2v) is 9.06. The number of amides is 3. The highest BCUT2D eigenvalue weighted by Gasteiger charge is 2.33. The first-order valence-corrected chi connectivity index (χ1v) is 12.5. The summed E-state index contributed by atoms with van der Waals surface area (Å²) < 4.78 is 5.63. The van der Waals surface area contributed by atoms with Crippen molar-refractivity contribution in [1.29, 1.82) is 0 Å². The third-order valence-electron chi connectivity index (χ3n) is 6.44. The lowest BCUT2D eigenvalue weighted by atomic mass is 10.1. The molecule has 1 aliphatic rings. The van der Waals surface area contributed by atoms with Gasteiger partial charge in [-0.05, 0) is 51.3 Å². The van der Waals surface area contributed by atoms with Gasteiger partial charge in [-0.1, -0.05) is 60.7 Å². The van der Waals surface area contributed by atoms with Gasteiger partial charge in [0.1, 0.15) is 12.3 Å². The number of rotatable bonds is 10. The molecule has 3 amide bonds. The summed E-state index contributed by atoms with van der Waals surface area (Å²) in [6, 6.07) is 18.9. The molecule has 1 fully saturated rings. The Kier molecular flexibility index (Phi) is 10.2. The first-order chi connectivity index (χ1) is 17.4. The summed E-state index contributed by atoms with van der Waals surface area (Å²) >= 11 is 0. The Bertz CT molecular complexity index is 1040. The molecular weight excluding hydrogens is 456 g/mol. The number of hydrogen-bond acceptors (Lipinski definition) is 5. The van der Waals surface area contributed by atoms with Crippen molar-refractivity contribution in [3.8, 4) is 0 Å². The minimum Gasteiger partial charge on any atom is -0.445 e. The number of ether oxygens (including phenoxy) is 1. The van der Waals surface area contributed by atoms with E-state index >= 15 is 0 Å². The molecule has 0 aliphatic carbocycles. The fraction of sp³-hybridized carbons (Fsp3) is 0.429. The van der Waals surface area contributed by atoms with Gasteiger partial charge in [-0.2, -0.15) is 0 Å². The van der Waals surface area contributed by atoms with Gasteiger partial charge in [0.2, 0.25) is 0 Å². The maximum atomic E-state index is 13.1. The predicted octanol–water partition coefficient (Wildman–Crippen LogP) is 3.45. The molecule has 0 bridgehead atoms. The zero-order valence-corrected chi connectivity index (χ0v) is 21.4. The van der Waals surface area contributed by atoms with Crippen LogP contribution in [-0.2, 0) is 27.4 Å². The van der Waals surface area contributed by atoms with Crippen LogP contribution in [0.2, 0.25) is 0 Å². The fourth-order valence-corrected chi connectivity index (χ4v) is 4.16. The summed E-state index contributed by atoms with van der Waals surface area (Å²) in [6.07, 6.45) is 1.88. The van der Waals surface area contributed by atoms with E-state index in [1.54, 1.807) is 30.7 Å². The van der Waals surface area contributed by atoms with Crippen molar-refractivity contribution in [3.05, 3.63) is 71.8 Å². The average Bonchev–Trinajstić information content (AvgIpc) is 3.37. The normalized spacial score (nSPS) is 16.5. The Hall–Kier alpha value is -3.52. The van der Waals surface area contributed by atoms with E-state index in [1.807, 2.05) is 60.7 Å². The molecule has 8 nitrogen and oxygen atoms in total. The lowest BCUT2D eigenvalue weighted by Gasteiger charge is -2.30. The SMILES string of the molecule is CN[C@@H](C)C(=O)/N=C(\C)C(=O)N1CCC[C@H]1CN(CCc1ccccc1)C(=O)OCc1ccccc1. The van der Waals surface area contributed by atoms with Gasteiger partial charge < -0.3 is 19.9 Å². The zero-order valence-electron chi connectivity index (χ0n) is 21.4. The number of nitrogens with zero attached hydrogens (tertiary/aromatic N) is 3. The Balaban J connectivity index is 1.69. The van der Waals surface area contributed by atoms with Crippen LogP contribution >= 0.6 is 0 Å². The van der Waals surface area contributed by atoms with Crippen LogP contribution in [0.4, 0.5) is 4.79 Å². The van der Waals surface area contributed by atoms with Crippen molar-refractivity contribution in [2.45, 2.75) is 51.8 Å². The van der Waals surface area contributed by atoms with E-state index in [-0.39, 0.29) is 30.2 Å². The summed E-state index contributed by atoms with van der Waals surface area (Å²) in [5, 5.41) is 2.84. The smallest absolute Gasteiger partial charge is 0.410 e. The molecule has 0 saturated carbocycles. The van der Waals surface area contributed by atoms with Crippen molar-refractivity contribution in [1.82, 2.24) is 15.1 Å². The molecule has 3 rings (SSSR count). The van der Waals surface area contributed by atoms with Gasteiger partial charge in [-0.15, -0.1) is 0 Å². The molecule has 1 saturated heterocycles. The maximum absolute atomic E-state index is 13.1. The van der Waals surface area contributed by atoms with E-state index in [4.69, 9.17) is 4.74 Å². The second-order valence-electron chi connectivity index (χ2n) is 9.06. The molecule has 1 heterocycles. The summed E-state index contributed by atoms with van der Waals surface area (Å²) in [7, 11) is 1.67. The van der Waals surface area contributed by atoms with Crippen LogP contribution in [0, 0.1) is 0 Å². The number of hydrogen-bond donors (Lipinski definition) is 1. The Labute approximate surface area is 213 Å². The Morgan fingerprint density at radius 3 is 2.36 bits per heavy atom. The first-order valence-electron chi connectivity index (χ1n) is 12.5. The summed E-state index contributed by atoms with van der Waals surface area (Å²) in [4.78, 5) is 45.8. The molecule has 0 aromatic heterocycles. The van der Waals surface area contributed by atoms with Gasteiger partial charge in [0.05, 0.1) is 6.04 Å². The van der Waals surface area contributed by atoms with Crippen molar-refractivity contribution in [2.24, 2.45) is 4.99 Å². The van der Waals surface area contributed by atoms with Gasteiger partial charge in [0.15, 0.2) is 0 Å². The third-order valence-corrected chi connectivity index (χ3v) is 6.44. The van der Waals surface area contributed by atoms with Gasteiger partial charge >= 0.3 is 6.09 Å². The van der Waals surface area contributed by atoms with Gasteiger partial charge in [-0.25, -0.2) is 9.79 Å². The van der Waals surface area contributed by atoms with E-state index < -0.39 is 12.1 Å². The molecule has 0 unspecified atom stereocenters. The minimum absolute atomic E-state index is 0.163. The average molecular weight is 493 g/mol. The van der Waals surface area contributed by atoms with Crippen LogP contribution in [0.1, 0.15) is 37.8 Å². The van der Waals surface area contributed by atoms with Crippen LogP contribution in [0.15, 0.2) is 65.7 Å². The molecule has 1 N–H and O–H groups in total. The molecule has 192 valence electrons. The maximum Gasteiger partial charge on any atom is 0.410 e.